The summed E-state index contributed by atoms with van der Waals surface area (Å²) in [6, 6.07) is 3.51. The van der Waals surface area contributed by atoms with Gasteiger partial charge >= 0.3 is 5.97 Å². The molecule has 0 spiro atoms. The highest BCUT2D eigenvalue weighted by atomic mass is 32.2. The summed E-state index contributed by atoms with van der Waals surface area (Å²) >= 11 is 1.49. The van der Waals surface area contributed by atoms with Crippen LogP contribution in [0.1, 0.15) is 6.42 Å². The second-order valence-corrected chi connectivity index (χ2v) is 3.72. The van der Waals surface area contributed by atoms with E-state index < -0.39 is 0 Å². The molecule has 4 nitrogen and oxygen atoms in total. The molecule has 0 radical (unpaired) electrons. The minimum Gasteiger partial charge on any atom is -0.469 e. The standard InChI is InChI=1S/C9H12N2O2S/c1-13-9(12)3-5-14-8-6-7(10)2-4-11-8/h2,4,6H,3,5H2,1H3,(H2,10,11). The molecular weight excluding hydrogens is 200 g/mol. The molecule has 0 aliphatic heterocycles. The summed E-state index contributed by atoms with van der Waals surface area (Å²) in [5.74, 6) is 0.449. The van der Waals surface area contributed by atoms with Gasteiger partial charge in [0, 0.05) is 17.6 Å². The molecule has 0 saturated carbocycles. The largest absolute Gasteiger partial charge is 0.469 e. The summed E-state index contributed by atoms with van der Waals surface area (Å²) in [6.45, 7) is 0. The Balaban J connectivity index is 2.35. The fourth-order valence-corrected chi connectivity index (χ4v) is 1.68. The predicted octanol–water partition coefficient (Wildman–Crippen LogP) is 1.32. The molecule has 1 heterocycles. The van der Waals surface area contributed by atoms with Crippen LogP contribution in [0.2, 0.25) is 0 Å². The molecule has 2 N–H and O–H groups in total. The highest BCUT2D eigenvalue weighted by Crippen LogP contribution is 2.17. The van der Waals surface area contributed by atoms with Crippen molar-refractivity contribution in [2.24, 2.45) is 0 Å². The number of rotatable bonds is 4. The van der Waals surface area contributed by atoms with Crippen molar-refractivity contribution in [1.82, 2.24) is 4.98 Å². The van der Waals surface area contributed by atoms with Crippen LogP contribution in [0.3, 0.4) is 0 Å². The molecule has 0 amide bonds. The van der Waals surface area contributed by atoms with E-state index >= 15 is 0 Å². The minimum atomic E-state index is -0.207. The Labute approximate surface area is 86.8 Å². The molecule has 0 unspecified atom stereocenters. The zero-order chi connectivity index (χ0) is 10.4. The number of thioether (sulfide) groups is 1. The van der Waals surface area contributed by atoms with Crippen molar-refractivity contribution in [3.05, 3.63) is 18.3 Å². The first-order chi connectivity index (χ1) is 6.72. The van der Waals surface area contributed by atoms with Gasteiger partial charge in [0.2, 0.25) is 0 Å². The third kappa shape index (κ3) is 3.66. The second kappa shape index (κ2) is 5.49. The van der Waals surface area contributed by atoms with Crippen molar-refractivity contribution in [2.75, 3.05) is 18.6 Å². The maximum absolute atomic E-state index is 10.8. The average Bonchev–Trinajstić information content (AvgIpc) is 2.17. The second-order valence-electron chi connectivity index (χ2n) is 2.60. The maximum atomic E-state index is 10.8. The van der Waals surface area contributed by atoms with Crippen LogP contribution in [-0.4, -0.2) is 23.8 Å². The molecule has 0 fully saturated rings. The molecule has 0 bridgehead atoms. The van der Waals surface area contributed by atoms with Crippen LogP contribution in [0.15, 0.2) is 23.4 Å². The van der Waals surface area contributed by atoms with Crippen LogP contribution in [0.4, 0.5) is 5.69 Å². The number of ether oxygens (including phenoxy) is 1. The Morgan fingerprint density at radius 3 is 3.14 bits per heavy atom. The summed E-state index contributed by atoms with van der Waals surface area (Å²) in [4.78, 5) is 14.9. The Kier molecular flexibility index (Phi) is 4.25. The molecule has 76 valence electrons. The summed E-state index contributed by atoms with van der Waals surface area (Å²) in [6.07, 6.45) is 2.04. The molecule has 0 aliphatic carbocycles. The van der Waals surface area contributed by atoms with E-state index in [0.29, 0.717) is 17.9 Å². The van der Waals surface area contributed by atoms with Gasteiger partial charge in [-0.05, 0) is 12.1 Å². The number of anilines is 1. The Hall–Kier alpha value is -1.23. The predicted molar refractivity (Wildman–Crippen MR) is 56.0 cm³/mol. The van der Waals surface area contributed by atoms with Gasteiger partial charge < -0.3 is 10.5 Å². The van der Waals surface area contributed by atoms with Gasteiger partial charge in [-0.2, -0.15) is 0 Å². The Morgan fingerprint density at radius 2 is 2.50 bits per heavy atom. The number of esters is 1. The Bertz CT molecular complexity index is 317. The molecule has 5 heteroatoms. The van der Waals surface area contributed by atoms with Gasteiger partial charge in [-0.25, -0.2) is 4.98 Å². The van der Waals surface area contributed by atoms with Crippen LogP contribution < -0.4 is 5.73 Å². The van der Waals surface area contributed by atoms with Crippen LogP contribution in [0, 0.1) is 0 Å². The van der Waals surface area contributed by atoms with E-state index in [1.54, 1.807) is 18.3 Å². The molecule has 0 saturated heterocycles. The van der Waals surface area contributed by atoms with Crippen molar-refractivity contribution in [2.45, 2.75) is 11.4 Å². The van der Waals surface area contributed by atoms with Crippen LogP contribution in [0.25, 0.3) is 0 Å². The smallest absolute Gasteiger partial charge is 0.306 e. The molecule has 1 aromatic rings. The fourth-order valence-electron chi connectivity index (χ4n) is 0.845. The van der Waals surface area contributed by atoms with Crippen LogP contribution >= 0.6 is 11.8 Å². The third-order valence-corrected chi connectivity index (χ3v) is 2.47. The van der Waals surface area contributed by atoms with E-state index in [2.05, 4.69) is 9.72 Å². The van der Waals surface area contributed by atoms with Crippen molar-refractivity contribution in [1.29, 1.82) is 0 Å². The van der Waals surface area contributed by atoms with Gasteiger partial charge in [0.15, 0.2) is 0 Å². The lowest BCUT2D eigenvalue weighted by Gasteiger charge is -2.00. The van der Waals surface area contributed by atoms with Crippen LogP contribution in [0.5, 0.6) is 0 Å². The molecule has 0 atom stereocenters. The lowest BCUT2D eigenvalue weighted by atomic mass is 10.4. The normalized spacial score (nSPS) is 9.79. The van der Waals surface area contributed by atoms with E-state index in [1.165, 1.54) is 18.9 Å². The molecule has 0 aliphatic rings. The topological polar surface area (TPSA) is 65.2 Å². The van der Waals surface area contributed by atoms with Gasteiger partial charge in [-0.3, -0.25) is 4.79 Å². The van der Waals surface area contributed by atoms with Gasteiger partial charge in [-0.15, -0.1) is 11.8 Å². The van der Waals surface area contributed by atoms with Crippen molar-refractivity contribution < 1.29 is 9.53 Å². The van der Waals surface area contributed by atoms with Gasteiger partial charge in [-0.1, -0.05) is 0 Å². The number of carbonyl (C=O) groups is 1. The lowest BCUT2D eigenvalue weighted by Crippen LogP contribution is -2.01. The molecule has 0 aromatic carbocycles. The van der Waals surface area contributed by atoms with Gasteiger partial charge in [0.05, 0.1) is 18.6 Å². The zero-order valence-electron chi connectivity index (χ0n) is 7.90. The fraction of sp³-hybridized carbons (Fsp3) is 0.333. The van der Waals surface area contributed by atoms with E-state index in [1.807, 2.05) is 0 Å². The Morgan fingerprint density at radius 1 is 1.71 bits per heavy atom. The van der Waals surface area contributed by atoms with Crippen molar-refractivity contribution >= 4 is 23.4 Å². The van der Waals surface area contributed by atoms with E-state index in [4.69, 9.17) is 5.73 Å². The monoisotopic (exact) mass is 212 g/mol. The first-order valence-corrected chi connectivity index (χ1v) is 5.12. The summed E-state index contributed by atoms with van der Waals surface area (Å²) in [5, 5.41) is 0.828. The molecular formula is C9H12N2O2S. The first-order valence-electron chi connectivity index (χ1n) is 4.13. The number of pyridine rings is 1. The van der Waals surface area contributed by atoms with Crippen molar-refractivity contribution in [3.8, 4) is 0 Å². The number of nitrogens with zero attached hydrogens (tertiary/aromatic N) is 1. The molecule has 14 heavy (non-hydrogen) atoms. The van der Waals surface area contributed by atoms with E-state index in [9.17, 15) is 4.79 Å². The molecule has 1 aromatic heterocycles. The SMILES string of the molecule is COC(=O)CCSc1cc(N)ccn1. The number of aromatic nitrogens is 1. The molecule has 1 rings (SSSR count). The average molecular weight is 212 g/mol. The summed E-state index contributed by atoms with van der Waals surface area (Å²) < 4.78 is 4.51. The minimum absolute atomic E-state index is 0.207. The number of nitrogen functional groups attached to an aromatic ring is 1. The number of carbonyl (C=O) groups excluding carboxylic acids is 1. The number of hydrogen-bond acceptors (Lipinski definition) is 5. The number of hydrogen-bond donors (Lipinski definition) is 1. The first kappa shape index (κ1) is 10.8. The number of methoxy groups -OCH3 is 1. The van der Waals surface area contributed by atoms with E-state index in [-0.39, 0.29) is 5.97 Å². The van der Waals surface area contributed by atoms with Gasteiger partial charge in [0.25, 0.3) is 0 Å². The van der Waals surface area contributed by atoms with E-state index in [0.717, 1.165) is 5.03 Å². The highest BCUT2D eigenvalue weighted by molar-refractivity contribution is 7.99. The third-order valence-electron chi connectivity index (χ3n) is 1.54. The lowest BCUT2D eigenvalue weighted by molar-refractivity contribution is -0.140. The number of nitrogens with two attached hydrogens (primary N) is 1. The quantitative estimate of drug-likeness (QED) is 0.602. The summed E-state index contributed by atoms with van der Waals surface area (Å²) in [5.41, 5.74) is 6.25. The highest BCUT2D eigenvalue weighted by Gasteiger charge is 2.01. The van der Waals surface area contributed by atoms with Crippen molar-refractivity contribution in [3.63, 3.8) is 0 Å². The van der Waals surface area contributed by atoms with Gasteiger partial charge in [0.1, 0.15) is 0 Å². The maximum Gasteiger partial charge on any atom is 0.306 e. The summed E-state index contributed by atoms with van der Waals surface area (Å²) in [7, 11) is 1.38. The zero-order valence-corrected chi connectivity index (χ0v) is 8.71. The van der Waals surface area contributed by atoms with Crippen LogP contribution in [-0.2, 0) is 9.53 Å².